The third kappa shape index (κ3) is 3.90. The van der Waals surface area contributed by atoms with Crippen molar-refractivity contribution in [2.45, 2.75) is 39.0 Å². The lowest BCUT2D eigenvalue weighted by Gasteiger charge is -2.10. The number of hydrogen-bond acceptors (Lipinski definition) is 1. The Hall–Kier alpha value is 0.300. The Labute approximate surface area is 91.9 Å². The molecule has 0 saturated heterocycles. The van der Waals surface area contributed by atoms with Crippen molar-refractivity contribution in [3.63, 3.8) is 0 Å². The minimum atomic E-state index is -0.115. The van der Waals surface area contributed by atoms with E-state index in [1.54, 1.807) is 3.51 Å². The molecule has 2 heteroatoms. The van der Waals surface area contributed by atoms with Crippen molar-refractivity contribution in [1.29, 1.82) is 0 Å². The van der Waals surface area contributed by atoms with Crippen molar-refractivity contribution in [1.82, 2.24) is 0 Å². The average Bonchev–Trinajstić information content (AvgIpc) is 2.65. The van der Waals surface area contributed by atoms with Crippen molar-refractivity contribution in [3.05, 3.63) is 12.7 Å². The first-order valence-electron chi connectivity index (χ1n) is 5.11. The summed E-state index contributed by atoms with van der Waals surface area (Å²) in [5.74, 6) is 0.905. The summed E-state index contributed by atoms with van der Waals surface area (Å²) >= 11 is -0.115. The van der Waals surface area contributed by atoms with Crippen LogP contribution in [0.25, 0.3) is 0 Å². The lowest BCUT2D eigenvalue weighted by atomic mass is 10.0. The second-order valence-corrected chi connectivity index (χ2v) is 5.87. The first-order valence-corrected chi connectivity index (χ1v) is 7.07. The Balaban J connectivity index is 2.39. The van der Waals surface area contributed by atoms with Crippen molar-refractivity contribution in [3.8, 4) is 0 Å². The summed E-state index contributed by atoms with van der Waals surface area (Å²) in [5.41, 5.74) is 0. The van der Waals surface area contributed by atoms with Crippen LogP contribution in [0.1, 0.15) is 39.0 Å². The summed E-state index contributed by atoms with van der Waals surface area (Å²) in [7, 11) is 0. The average molecular weight is 294 g/mol. The predicted molar refractivity (Wildman–Crippen MR) is 67.4 cm³/mol. The molecule has 1 fully saturated rings. The summed E-state index contributed by atoms with van der Waals surface area (Å²) in [5, 5.41) is 0. The topological polar surface area (TPSA) is 9.23 Å². The smallest absolute Gasteiger partial charge is 0.0765 e. The zero-order valence-corrected chi connectivity index (χ0v) is 10.5. The van der Waals surface area contributed by atoms with Gasteiger partial charge in [0.1, 0.15) is 0 Å². The van der Waals surface area contributed by atoms with E-state index in [9.17, 15) is 0 Å². The first kappa shape index (κ1) is 11.4. The Morgan fingerprint density at radius 2 is 2.23 bits per heavy atom. The van der Waals surface area contributed by atoms with E-state index >= 15 is 0 Å². The van der Waals surface area contributed by atoms with E-state index in [1.165, 1.54) is 32.1 Å². The maximum absolute atomic E-state index is 5.60. The monoisotopic (exact) mass is 294 g/mol. The molecule has 0 aliphatic heterocycles. The van der Waals surface area contributed by atoms with E-state index in [2.05, 4.69) is 13.5 Å². The molecule has 76 valence electrons. The highest BCUT2D eigenvalue weighted by atomic mass is 127. The number of hydrogen-bond donors (Lipinski definition) is 0. The van der Waals surface area contributed by atoms with Gasteiger partial charge in [-0.05, 0) is 28.7 Å². The van der Waals surface area contributed by atoms with Crippen molar-refractivity contribution in [2.24, 2.45) is 5.92 Å². The van der Waals surface area contributed by atoms with E-state index in [0.29, 0.717) is 0 Å². The fourth-order valence-electron chi connectivity index (χ4n) is 1.79. The van der Waals surface area contributed by atoms with Crippen LogP contribution in [0, 0.1) is 5.92 Å². The number of halogens is 1. The second kappa shape index (κ2) is 6.71. The van der Waals surface area contributed by atoms with Crippen LogP contribution in [0.5, 0.6) is 0 Å². The van der Waals surface area contributed by atoms with Crippen LogP contribution in [-0.2, 0) is 3.07 Å². The molecule has 1 aliphatic carbocycles. The molecule has 13 heavy (non-hydrogen) atoms. The van der Waals surface area contributed by atoms with Crippen LogP contribution in [0.15, 0.2) is 12.7 Å². The second-order valence-electron chi connectivity index (χ2n) is 3.42. The predicted octanol–water partition coefficient (Wildman–Crippen LogP) is 3.85. The maximum atomic E-state index is 5.60. The van der Waals surface area contributed by atoms with Crippen LogP contribution in [0.3, 0.4) is 0 Å². The van der Waals surface area contributed by atoms with Crippen molar-refractivity contribution >= 4 is 24.7 Å². The Morgan fingerprint density at radius 1 is 1.54 bits per heavy atom. The highest BCUT2D eigenvalue weighted by molar-refractivity contribution is 14.2. The lowest BCUT2D eigenvalue weighted by Crippen LogP contribution is -2.06. The van der Waals surface area contributed by atoms with Gasteiger partial charge in [0.05, 0.1) is 6.61 Å². The molecular weight excluding hydrogens is 275 g/mol. The molecule has 0 aromatic carbocycles. The molecule has 0 atom stereocenters. The fourth-order valence-corrected chi connectivity index (χ4v) is 3.92. The molecule has 0 aromatic rings. The van der Waals surface area contributed by atoms with Gasteiger partial charge in [0, 0.05) is 21.1 Å². The van der Waals surface area contributed by atoms with Gasteiger partial charge in [0.15, 0.2) is 0 Å². The van der Waals surface area contributed by atoms with Crippen LogP contribution in [0.2, 0.25) is 0 Å². The molecule has 0 heterocycles. The van der Waals surface area contributed by atoms with Gasteiger partial charge in [-0.1, -0.05) is 25.8 Å². The zero-order valence-electron chi connectivity index (χ0n) is 8.39. The lowest BCUT2D eigenvalue weighted by molar-refractivity contribution is 0.488. The Morgan fingerprint density at radius 3 is 2.77 bits per heavy atom. The minimum Gasteiger partial charge on any atom is -0.317 e. The van der Waals surface area contributed by atoms with E-state index in [4.69, 9.17) is 3.07 Å². The van der Waals surface area contributed by atoms with Gasteiger partial charge in [0.2, 0.25) is 0 Å². The molecule has 1 nitrogen and oxygen atoms in total. The van der Waals surface area contributed by atoms with Gasteiger partial charge in [-0.25, -0.2) is 0 Å². The van der Waals surface area contributed by atoms with Crippen molar-refractivity contribution < 1.29 is 3.07 Å². The standard InChI is InChI=1S/C11H19IO/c1-3-9-13-12-11(4-2)10-7-5-6-8-10/h3,10H,1,4-9H2,2H3. The van der Waals surface area contributed by atoms with Crippen LogP contribution >= 0.6 is 21.1 Å². The normalized spacial score (nSPS) is 19.9. The summed E-state index contributed by atoms with van der Waals surface area (Å²) < 4.78 is 7.32. The van der Waals surface area contributed by atoms with Crippen LogP contribution in [0.4, 0.5) is 0 Å². The van der Waals surface area contributed by atoms with Gasteiger partial charge in [-0.3, -0.25) is 0 Å². The van der Waals surface area contributed by atoms with E-state index in [-0.39, 0.29) is 21.1 Å². The largest absolute Gasteiger partial charge is 0.317 e. The summed E-state index contributed by atoms with van der Waals surface area (Å²) in [6.45, 7) is 6.67. The minimum absolute atomic E-state index is 0.115. The highest BCUT2D eigenvalue weighted by Crippen LogP contribution is 2.30. The van der Waals surface area contributed by atoms with Gasteiger partial charge in [-0.2, -0.15) is 0 Å². The van der Waals surface area contributed by atoms with Gasteiger partial charge < -0.3 is 3.07 Å². The fraction of sp³-hybridized carbons (Fsp3) is 0.727. The third-order valence-electron chi connectivity index (χ3n) is 2.47. The SMILES string of the molecule is C=CCOI=C(CC)C1CCCC1. The summed E-state index contributed by atoms with van der Waals surface area (Å²) in [6.07, 6.45) is 8.77. The molecule has 0 bridgehead atoms. The molecule has 0 unspecified atom stereocenters. The van der Waals surface area contributed by atoms with E-state index < -0.39 is 0 Å². The Kier molecular flexibility index (Phi) is 5.87. The van der Waals surface area contributed by atoms with Crippen molar-refractivity contribution in [2.75, 3.05) is 6.61 Å². The molecule has 0 N–H and O–H groups in total. The molecule has 1 saturated carbocycles. The van der Waals surface area contributed by atoms with Gasteiger partial charge >= 0.3 is 0 Å². The maximum Gasteiger partial charge on any atom is 0.0765 e. The molecule has 0 radical (unpaired) electrons. The quantitative estimate of drug-likeness (QED) is 0.425. The highest BCUT2D eigenvalue weighted by Gasteiger charge is 2.18. The molecule has 0 spiro atoms. The Bertz CT molecular complexity index is 181. The molecular formula is C11H19IO. The summed E-state index contributed by atoms with van der Waals surface area (Å²) in [4.78, 5) is 0. The molecule has 1 aliphatic rings. The van der Waals surface area contributed by atoms with Gasteiger partial charge in [0.25, 0.3) is 0 Å². The van der Waals surface area contributed by atoms with Crippen LogP contribution in [-0.4, -0.2) is 10.1 Å². The first-order chi connectivity index (χ1) is 6.38. The molecule has 0 amide bonds. The molecule has 1 rings (SSSR count). The zero-order chi connectivity index (χ0) is 9.52. The third-order valence-corrected chi connectivity index (χ3v) is 5.35. The molecule has 0 aromatic heterocycles. The summed E-state index contributed by atoms with van der Waals surface area (Å²) in [6, 6.07) is 0. The number of rotatable bonds is 5. The van der Waals surface area contributed by atoms with E-state index in [1.807, 2.05) is 6.08 Å². The van der Waals surface area contributed by atoms with Crippen LogP contribution < -0.4 is 0 Å². The van der Waals surface area contributed by atoms with Gasteiger partial charge in [-0.15, -0.1) is 6.58 Å². The van der Waals surface area contributed by atoms with E-state index in [0.717, 1.165) is 12.5 Å².